The fraction of sp³-hybridized carbons (Fsp3) is 0.556. The number of hydrogen-bond donors (Lipinski definition) is 1. The number of hydrogen-bond acceptors (Lipinski definition) is 10. The first kappa shape index (κ1) is 25.5. The number of carboxylic acids is 1. The first-order valence-corrected chi connectivity index (χ1v) is 13.4. The Morgan fingerprint density at radius 3 is 2.82 bits per heavy atom. The van der Waals surface area contributed by atoms with E-state index in [-0.39, 0.29) is 36.7 Å². The maximum Gasteiger partial charge on any atom is 0.320 e. The normalized spacial score (nSPS) is 25.9. The van der Waals surface area contributed by atoms with Crippen LogP contribution in [0.15, 0.2) is 24.4 Å². The van der Waals surface area contributed by atoms with Gasteiger partial charge in [0, 0.05) is 25.7 Å². The van der Waals surface area contributed by atoms with E-state index in [1.165, 1.54) is 0 Å². The van der Waals surface area contributed by atoms with Gasteiger partial charge in [-0.05, 0) is 56.6 Å². The van der Waals surface area contributed by atoms with Crippen LogP contribution in [0.5, 0.6) is 17.6 Å². The van der Waals surface area contributed by atoms with Crippen molar-refractivity contribution in [2.24, 2.45) is 24.8 Å². The minimum absolute atomic E-state index is 0.00918. The highest BCUT2D eigenvalue weighted by atomic mass is 16.6. The predicted octanol–water partition coefficient (Wildman–Crippen LogP) is 2.99. The molecule has 2 aliphatic carbocycles. The summed E-state index contributed by atoms with van der Waals surface area (Å²) in [6.07, 6.45) is 5.82. The van der Waals surface area contributed by atoms with Gasteiger partial charge in [-0.2, -0.15) is 4.98 Å². The highest BCUT2D eigenvalue weighted by Gasteiger charge is 2.47. The number of rotatable bonds is 9. The largest absolute Gasteiger partial charge is 0.489 e. The zero-order valence-electron chi connectivity index (χ0n) is 22.0. The zero-order valence-corrected chi connectivity index (χ0v) is 22.0. The SMILES string of the molecule is Cc1nc(-c2nnn(C)c2COc2nccc(O[C@H]3CCOC3)n2)ccc1O[C@@H]1C[C@@H]2CC[C@@H](C(=O)O)[C@@H]2C1. The van der Waals surface area contributed by atoms with E-state index < -0.39 is 5.97 Å². The molecule has 3 aromatic rings. The van der Waals surface area contributed by atoms with Gasteiger partial charge in [0.2, 0.25) is 5.88 Å². The van der Waals surface area contributed by atoms with Crippen LogP contribution in [-0.4, -0.2) is 66.4 Å². The first-order chi connectivity index (χ1) is 18.9. The average Bonchev–Trinajstić information content (AvgIpc) is 3.70. The van der Waals surface area contributed by atoms with E-state index in [1.54, 1.807) is 24.0 Å². The Morgan fingerprint density at radius 2 is 2.03 bits per heavy atom. The minimum Gasteiger partial charge on any atom is -0.489 e. The van der Waals surface area contributed by atoms with Crippen LogP contribution in [0.2, 0.25) is 0 Å². The summed E-state index contributed by atoms with van der Waals surface area (Å²) in [7, 11) is 1.79. The van der Waals surface area contributed by atoms with Crippen molar-refractivity contribution in [3.63, 3.8) is 0 Å². The molecule has 3 aromatic heterocycles. The first-order valence-electron chi connectivity index (χ1n) is 13.4. The summed E-state index contributed by atoms with van der Waals surface area (Å²) in [6.45, 7) is 3.28. The summed E-state index contributed by atoms with van der Waals surface area (Å²) >= 11 is 0. The monoisotopic (exact) mass is 536 g/mol. The van der Waals surface area contributed by atoms with E-state index >= 15 is 0 Å². The van der Waals surface area contributed by atoms with Gasteiger partial charge in [0.05, 0.1) is 36.6 Å². The lowest BCUT2D eigenvalue weighted by molar-refractivity contribution is -0.143. The number of carboxylic acid groups (broad SMARTS) is 1. The molecule has 2 saturated carbocycles. The Bertz CT molecular complexity index is 1340. The molecule has 0 unspecified atom stereocenters. The number of aryl methyl sites for hydroxylation is 2. The summed E-state index contributed by atoms with van der Waals surface area (Å²) in [5, 5.41) is 18.0. The Balaban J connectivity index is 1.11. The number of ether oxygens (including phenoxy) is 4. The number of aromatic nitrogens is 6. The lowest BCUT2D eigenvalue weighted by Gasteiger charge is -2.18. The van der Waals surface area contributed by atoms with Crippen LogP contribution in [0.3, 0.4) is 0 Å². The molecule has 0 amide bonds. The Hall–Kier alpha value is -3.80. The van der Waals surface area contributed by atoms with Crippen LogP contribution in [-0.2, 0) is 23.2 Å². The fourth-order valence-electron chi connectivity index (χ4n) is 6.03. The highest BCUT2D eigenvalue weighted by molar-refractivity contribution is 5.71. The molecule has 0 radical (unpaired) electrons. The molecule has 4 heterocycles. The van der Waals surface area contributed by atoms with Crippen molar-refractivity contribution in [1.29, 1.82) is 0 Å². The summed E-state index contributed by atoms with van der Waals surface area (Å²) in [6, 6.07) is 5.65. The van der Waals surface area contributed by atoms with Gasteiger partial charge in [-0.1, -0.05) is 5.21 Å². The Labute approximate surface area is 225 Å². The third-order valence-corrected chi connectivity index (χ3v) is 8.03. The summed E-state index contributed by atoms with van der Waals surface area (Å²) < 4.78 is 25.0. The number of carbonyl (C=O) groups is 1. The van der Waals surface area contributed by atoms with Gasteiger partial charge in [-0.15, -0.1) is 5.10 Å². The third kappa shape index (κ3) is 5.38. The van der Waals surface area contributed by atoms with Crippen LogP contribution < -0.4 is 14.2 Å². The second kappa shape index (κ2) is 10.8. The molecule has 1 saturated heterocycles. The molecule has 6 rings (SSSR count). The summed E-state index contributed by atoms with van der Waals surface area (Å²) in [5.74, 6) is 0.853. The van der Waals surface area contributed by atoms with E-state index in [0.717, 1.165) is 43.5 Å². The van der Waals surface area contributed by atoms with E-state index in [0.29, 0.717) is 42.1 Å². The second-order valence-electron chi connectivity index (χ2n) is 10.5. The Kier molecular flexibility index (Phi) is 7.03. The van der Waals surface area contributed by atoms with Crippen LogP contribution in [0.1, 0.15) is 43.5 Å². The minimum atomic E-state index is -0.680. The molecule has 206 valence electrons. The third-order valence-electron chi connectivity index (χ3n) is 8.03. The van der Waals surface area contributed by atoms with Crippen molar-refractivity contribution >= 4 is 5.97 Å². The van der Waals surface area contributed by atoms with Gasteiger partial charge in [-0.3, -0.25) is 4.79 Å². The van der Waals surface area contributed by atoms with Gasteiger partial charge in [0.25, 0.3) is 0 Å². The molecule has 1 N–H and O–H groups in total. The molecule has 0 spiro atoms. The zero-order chi connectivity index (χ0) is 26.9. The van der Waals surface area contributed by atoms with Crippen molar-refractivity contribution in [3.05, 3.63) is 35.8 Å². The van der Waals surface area contributed by atoms with Crippen molar-refractivity contribution in [1.82, 2.24) is 29.9 Å². The fourth-order valence-corrected chi connectivity index (χ4v) is 6.03. The maximum absolute atomic E-state index is 11.6. The van der Waals surface area contributed by atoms with E-state index in [2.05, 4.69) is 20.3 Å². The molecule has 0 aromatic carbocycles. The Morgan fingerprint density at radius 1 is 1.13 bits per heavy atom. The molecular weight excluding hydrogens is 504 g/mol. The number of pyridine rings is 1. The van der Waals surface area contributed by atoms with Crippen molar-refractivity contribution in [2.45, 2.75) is 57.8 Å². The van der Waals surface area contributed by atoms with E-state index in [1.807, 2.05) is 19.1 Å². The molecule has 1 aliphatic heterocycles. The highest BCUT2D eigenvalue weighted by Crippen LogP contribution is 2.48. The van der Waals surface area contributed by atoms with Crippen LogP contribution >= 0.6 is 0 Å². The molecule has 12 heteroatoms. The molecule has 3 fully saturated rings. The van der Waals surface area contributed by atoms with Crippen LogP contribution in [0.25, 0.3) is 11.4 Å². The lowest BCUT2D eigenvalue weighted by Crippen LogP contribution is -2.21. The van der Waals surface area contributed by atoms with E-state index in [4.69, 9.17) is 23.9 Å². The van der Waals surface area contributed by atoms with Crippen molar-refractivity contribution in [2.75, 3.05) is 13.2 Å². The number of fused-ring (bicyclic) bond motifs is 1. The quantitative estimate of drug-likeness (QED) is 0.431. The van der Waals surface area contributed by atoms with Crippen LogP contribution in [0, 0.1) is 24.7 Å². The van der Waals surface area contributed by atoms with Gasteiger partial charge in [-0.25, -0.2) is 14.6 Å². The van der Waals surface area contributed by atoms with Gasteiger partial charge in [0.15, 0.2) is 0 Å². The molecule has 39 heavy (non-hydrogen) atoms. The van der Waals surface area contributed by atoms with Gasteiger partial charge >= 0.3 is 12.0 Å². The number of aliphatic carboxylic acids is 1. The van der Waals surface area contributed by atoms with Gasteiger partial charge in [0.1, 0.15) is 29.8 Å². The van der Waals surface area contributed by atoms with Crippen LogP contribution in [0.4, 0.5) is 0 Å². The average molecular weight is 537 g/mol. The standard InChI is InChI=1S/C27H32N6O6/c1-15-23(38-18-11-16-3-4-19(26(34)35)20(16)12-18)6-5-21(29-15)25-22(33(2)32-31-25)14-37-27-28-9-7-24(30-27)39-17-8-10-36-13-17/h5-7,9,16-20H,3-4,8,10-14H2,1-2H3,(H,34,35)/t16-,17-,18+,19+,20+/m0/s1. The van der Waals surface area contributed by atoms with Crippen molar-refractivity contribution in [3.8, 4) is 29.0 Å². The predicted molar refractivity (Wildman–Crippen MR) is 136 cm³/mol. The lowest BCUT2D eigenvalue weighted by atomic mass is 9.92. The summed E-state index contributed by atoms with van der Waals surface area (Å²) in [5.41, 5.74) is 2.71. The molecule has 0 bridgehead atoms. The van der Waals surface area contributed by atoms with Gasteiger partial charge < -0.3 is 24.1 Å². The summed E-state index contributed by atoms with van der Waals surface area (Å²) in [4.78, 5) is 24.9. The number of nitrogens with zero attached hydrogens (tertiary/aromatic N) is 6. The molecule has 3 aliphatic rings. The second-order valence-corrected chi connectivity index (χ2v) is 10.5. The topological polar surface area (TPSA) is 144 Å². The molecule has 5 atom stereocenters. The van der Waals surface area contributed by atoms with Crippen molar-refractivity contribution < 1.29 is 28.8 Å². The maximum atomic E-state index is 11.6. The molecule has 12 nitrogen and oxygen atoms in total. The smallest absolute Gasteiger partial charge is 0.320 e. The molecular formula is C27H32N6O6. The van der Waals surface area contributed by atoms with E-state index in [9.17, 15) is 9.90 Å².